The number of hydrogen-bond acceptors (Lipinski definition) is 4. The van der Waals surface area contributed by atoms with Crippen molar-refractivity contribution in [3.63, 3.8) is 0 Å². The van der Waals surface area contributed by atoms with Crippen LogP contribution in [0.15, 0.2) is 22.7 Å². The second-order valence-electron chi connectivity index (χ2n) is 3.41. The summed E-state index contributed by atoms with van der Waals surface area (Å²) in [6.45, 7) is 2.82. The highest BCUT2D eigenvalue weighted by Gasteiger charge is 2.02. The molecule has 0 heterocycles. The first-order valence-electron chi connectivity index (χ1n) is 5.55. The highest BCUT2D eigenvalue weighted by Crippen LogP contribution is 2.22. The molecular formula is C12H15BrFNO3. The molecule has 1 N–H and O–H groups in total. The van der Waals surface area contributed by atoms with Crippen molar-refractivity contribution in [2.75, 3.05) is 31.7 Å². The van der Waals surface area contributed by atoms with Crippen molar-refractivity contribution < 1.29 is 18.7 Å². The van der Waals surface area contributed by atoms with Crippen LogP contribution in [-0.2, 0) is 14.3 Å². The molecule has 0 aliphatic heterocycles. The van der Waals surface area contributed by atoms with Gasteiger partial charge in [-0.15, -0.1) is 0 Å². The van der Waals surface area contributed by atoms with Gasteiger partial charge in [0.2, 0.25) is 0 Å². The fourth-order valence-electron chi connectivity index (χ4n) is 1.25. The van der Waals surface area contributed by atoms with Crippen LogP contribution in [0.4, 0.5) is 10.1 Å². The monoisotopic (exact) mass is 319 g/mol. The molecule has 1 rings (SSSR count). The molecule has 0 aromatic heterocycles. The minimum Gasteiger partial charge on any atom is -0.464 e. The van der Waals surface area contributed by atoms with Crippen LogP contribution in [0.1, 0.15) is 6.92 Å². The number of rotatable bonds is 7. The third-order valence-corrected chi connectivity index (χ3v) is 2.71. The molecule has 0 bridgehead atoms. The maximum atomic E-state index is 13.0. The summed E-state index contributed by atoms with van der Waals surface area (Å²) >= 11 is 3.30. The van der Waals surface area contributed by atoms with Crippen LogP contribution in [0.5, 0.6) is 0 Å². The average molecular weight is 320 g/mol. The van der Waals surface area contributed by atoms with Crippen molar-refractivity contribution in [2.24, 2.45) is 0 Å². The second kappa shape index (κ2) is 8.05. The summed E-state index contributed by atoms with van der Waals surface area (Å²) < 4.78 is 23.5. The molecule has 0 amide bonds. The zero-order valence-electron chi connectivity index (χ0n) is 10.0. The smallest absolute Gasteiger partial charge is 0.332 e. The van der Waals surface area contributed by atoms with Gasteiger partial charge in [0.15, 0.2) is 0 Å². The number of anilines is 1. The predicted octanol–water partition coefficient (Wildman–Crippen LogP) is 2.58. The Bertz CT molecular complexity index is 401. The maximum absolute atomic E-state index is 13.0. The average Bonchev–Trinajstić information content (AvgIpc) is 2.33. The van der Waals surface area contributed by atoms with Crippen LogP contribution in [0.2, 0.25) is 0 Å². The lowest BCUT2D eigenvalue weighted by atomic mass is 10.3. The third kappa shape index (κ3) is 5.46. The van der Waals surface area contributed by atoms with Gasteiger partial charge in [-0.05, 0) is 41.1 Å². The molecule has 1 aromatic carbocycles. The predicted molar refractivity (Wildman–Crippen MR) is 70.0 cm³/mol. The fourth-order valence-corrected chi connectivity index (χ4v) is 1.64. The molecule has 0 spiro atoms. The number of esters is 1. The Balaban J connectivity index is 2.21. The van der Waals surface area contributed by atoms with Gasteiger partial charge in [0.25, 0.3) is 0 Å². The van der Waals surface area contributed by atoms with E-state index in [0.717, 1.165) is 4.47 Å². The molecule has 0 saturated heterocycles. The molecule has 18 heavy (non-hydrogen) atoms. The van der Waals surface area contributed by atoms with E-state index in [9.17, 15) is 9.18 Å². The quantitative estimate of drug-likeness (QED) is 0.620. The Kier molecular flexibility index (Phi) is 6.67. The van der Waals surface area contributed by atoms with E-state index in [1.807, 2.05) is 0 Å². The van der Waals surface area contributed by atoms with E-state index in [1.165, 1.54) is 12.1 Å². The summed E-state index contributed by atoms with van der Waals surface area (Å²) in [6, 6.07) is 4.37. The molecule has 0 atom stereocenters. The standard InChI is InChI=1S/C12H15BrFNO3/c1-2-18-12(16)8-17-6-5-15-11-7-9(14)3-4-10(11)13/h3-4,7,15H,2,5-6,8H2,1H3. The van der Waals surface area contributed by atoms with E-state index in [1.54, 1.807) is 13.0 Å². The van der Waals surface area contributed by atoms with Gasteiger partial charge in [0.1, 0.15) is 12.4 Å². The molecule has 0 fully saturated rings. The van der Waals surface area contributed by atoms with Gasteiger partial charge in [-0.25, -0.2) is 9.18 Å². The lowest BCUT2D eigenvalue weighted by molar-refractivity contribution is -0.148. The summed E-state index contributed by atoms with van der Waals surface area (Å²) in [6.07, 6.45) is 0. The third-order valence-electron chi connectivity index (χ3n) is 2.02. The topological polar surface area (TPSA) is 47.6 Å². The van der Waals surface area contributed by atoms with Gasteiger partial charge in [0.05, 0.1) is 18.9 Å². The Morgan fingerprint density at radius 2 is 2.28 bits per heavy atom. The number of benzene rings is 1. The van der Waals surface area contributed by atoms with Crippen molar-refractivity contribution in [3.05, 3.63) is 28.5 Å². The Hall–Kier alpha value is -1.14. The SMILES string of the molecule is CCOC(=O)COCCNc1cc(F)ccc1Br. The molecule has 0 unspecified atom stereocenters. The molecule has 0 aliphatic rings. The van der Waals surface area contributed by atoms with Crippen LogP contribution in [0.3, 0.4) is 0 Å². The first kappa shape index (κ1) is 14.9. The number of hydrogen-bond donors (Lipinski definition) is 1. The van der Waals surface area contributed by atoms with Crippen molar-refractivity contribution >= 4 is 27.6 Å². The summed E-state index contributed by atoms with van der Waals surface area (Å²) in [7, 11) is 0. The van der Waals surface area contributed by atoms with Crippen LogP contribution in [-0.4, -0.2) is 32.3 Å². The molecule has 4 nitrogen and oxygen atoms in total. The normalized spacial score (nSPS) is 10.2. The van der Waals surface area contributed by atoms with Gasteiger partial charge >= 0.3 is 5.97 Å². The maximum Gasteiger partial charge on any atom is 0.332 e. The lowest BCUT2D eigenvalue weighted by Crippen LogP contribution is -2.16. The summed E-state index contributed by atoms with van der Waals surface area (Å²) in [4.78, 5) is 11.0. The van der Waals surface area contributed by atoms with Crippen molar-refractivity contribution in [1.82, 2.24) is 0 Å². The molecule has 1 aromatic rings. The van der Waals surface area contributed by atoms with Crippen molar-refractivity contribution in [3.8, 4) is 0 Å². The molecular weight excluding hydrogens is 305 g/mol. The van der Waals surface area contributed by atoms with Gasteiger partial charge in [-0.2, -0.15) is 0 Å². The first-order chi connectivity index (χ1) is 8.63. The number of halogens is 2. The molecule has 0 saturated carbocycles. The largest absolute Gasteiger partial charge is 0.464 e. The van der Waals surface area contributed by atoms with Crippen molar-refractivity contribution in [2.45, 2.75) is 6.92 Å². The van der Waals surface area contributed by atoms with E-state index < -0.39 is 0 Å². The van der Waals surface area contributed by atoms with E-state index in [2.05, 4.69) is 21.2 Å². The van der Waals surface area contributed by atoms with Crippen LogP contribution in [0.25, 0.3) is 0 Å². The van der Waals surface area contributed by atoms with E-state index >= 15 is 0 Å². The van der Waals surface area contributed by atoms with Gasteiger partial charge in [-0.1, -0.05) is 0 Å². The molecule has 6 heteroatoms. The Labute approximate surface area is 114 Å². The minimum absolute atomic E-state index is 0.0696. The lowest BCUT2D eigenvalue weighted by Gasteiger charge is -2.09. The van der Waals surface area contributed by atoms with E-state index in [0.29, 0.717) is 25.4 Å². The van der Waals surface area contributed by atoms with Crippen LogP contribution >= 0.6 is 15.9 Å². The number of carbonyl (C=O) groups is 1. The van der Waals surface area contributed by atoms with Crippen molar-refractivity contribution in [1.29, 1.82) is 0 Å². The summed E-state index contributed by atoms with van der Waals surface area (Å²) in [5, 5.41) is 3.00. The first-order valence-corrected chi connectivity index (χ1v) is 6.35. The molecule has 0 aliphatic carbocycles. The zero-order chi connectivity index (χ0) is 13.4. The zero-order valence-corrected chi connectivity index (χ0v) is 11.6. The van der Waals surface area contributed by atoms with E-state index in [4.69, 9.17) is 9.47 Å². The van der Waals surface area contributed by atoms with Gasteiger partial charge in [-0.3, -0.25) is 0 Å². The molecule has 0 radical (unpaired) electrons. The van der Waals surface area contributed by atoms with Crippen LogP contribution in [0, 0.1) is 5.82 Å². The summed E-state index contributed by atoms with van der Waals surface area (Å²) in [5.41, 5.74) is 0.648. The van der Waals surface area contributed by atoms with Crippen LogP contribution < -0.4 is 5.32 Å². The minimum atomic E-state index is -0.385. The Morgan fingerprint density at radius 1 is 1.50 bits per heavy atom. The fraction of sp³-hybridized carbons (Fsp3) is 0.417. The summed E-state index contributed by atoms with van der Waals surface area (Å²) in [5.74, 6) is -0.697. The number of carbonyl (C=O) groups excluding carboxylic acids is 1. The highest BCUT2D eigenvalue weighted by atomic mass is 79.9. The van der Waals surface area contributed by atoms with E-state index in [-0.39, 0.29) is 18.4 Å². The molecule has 100 valence electrons. The number of ether oxygens (including phenoxy) is 2. The van der Waals surface area contributed by atoms with Gasteiger partial charge in [0, 0.05) is 11.0 Å². The Morgan fingerprint density at radius 3 is 3.00 bits per heavy atom. The van der Waals surface area contributed by atoms with Gasteiger partial charge < -0.3 is 14.8 Å². The number of nitrogens with one attached hydrogen (secondary N) is 1. The second-order valence-corrected chi connectivity index (χ2v) is 4.26. The highest BCUT2D eigenvalue weighted by molar-refractivity contribution is 9.10.